The third kappa shape index (κ3) is 2.87. The van der Waals surface area contributed by atoms with E-state index in [4.69, 9.17) is 5.11 Å². The largest absolute Gasteiger partial charge is 0.481 e. The topological polar surface area (TPSA) is 57.5 Å². The maximum Gasteiger partial charge on any atom is 0.306 e. The fraction of sp³-hybridized carbons (Fsp3) is 0.300. The first-order valence-corrected chi connectivity index (χ1v) is 4.06. The molecule has 1 aromatic rings. The molecule has 3 nitrogen and oxygen atoms in total. The molecule has 70 valence electrons. The van der Waals surface area contributed by atoms with Gasteiger partial charge in [0.25, 0.3) is 0 Å². The first-order valence-electron chi connectivity index (χ1n) is 4.06. The van der Waals surface area contributed by atoms with Gasteiger partial charge in [0.1, 0.15) is 0 Å². The number of aliphatic hydroxyl groups is 1. The van der Waals surface area contributed by atoms with Crippen molar-refractivity contribution in [2.45, 2.75) is 19.4 Å². The number of hydrogen-bond acceptors (Lipinski definition) is 2. The summed E-state index contributed by atoms with van der Waals surface area (Å²) in [5.74, 6) is -0.992. The Balaban J connectivity index is 2.76. The third-order valence-corrected chi connectivity index (χ3v) is 1.79. The minimum Gasteiger partial charge on any atom is -0.481 e. The van der Waals surface area contributed by atoms with Crippen molar-refractivity contribution in [2.75, 3.05) is 0 Å². The molecule has 2 N–H and O–H groups in total. The average Bonchev–Trinajstić information content (AvgIpc) is 2.03. The minimum atomic E-state index is -0.992. The van der Waals surface area contributed by atoms with Gasteiger partial charge in [0.15, 0.2) is 0 Å². The Morgan fingerprint density at radius 3 is 2.77 bits per heavy atom. The Hall–Kier alpha value is -1.35. The van der Waals surface area contributed by atoms with Crippen molar-refractivity contribution in [3.05, 3.63) is 35.4 Å². The van der Waals surface area contributed by atoms with Gasteiger partial charge < -0.3 is 10.2 Å². The van der Waals surface area contributed by atoms with Crippen molar-refractivity contribution >= 4 is 5.97 Å². The van der Waals surface area contributed by atoms with Gasteiger partial charge in [-0.25, -0.2) is 0 Å². The molecular weight excluding hydrogens is 168 g/mol. The van der Waals surface area contributed by atoms with E-state index in [1.807, 2.05) is 13.0 Å². The second kappa shape index (κ2) is 4.05. The number of aliphatic hydroxyl groups excluding tert-OH is 1. The molecule has 0 heterocycles. The van der Waals surface area contributed by atoms with E-state index in [0.29, 0.717) is 5.56 Å². The Kier molecular flexibility index (Phi) is 3.03. The molecule has 0 aliphatic carbocycles. The smallest absolute Gasteiger partial charge is 0.306 e. The van der Waals surface area contributed by atoms with Crippen LogP contribution in [0.4, 0.5) is 0 Å². The van der Waals surface area contributed by atoms with Crippen molar-refractivity contribution in [1.82, 2.24) is 0 Å². The van der Waals surface area contributed by atoms with Crippen molar-refractivity contribution in [3.63, 3.8) is 0 Å². The molecule has 0 amide bonds. The molecule has 0 spiro atoms. The molecule has 0 aliphatic heterocycles. The zero-order valence-corrected chi connectivity index (χ0v) is 7.40. The molecule has 0 unspecified atom stereocenters. The van der Waals surface area contributed by atoms with Crippen LogP contribution in [0.15, 0.2) is 24.3 Å². The first kappa shape index (κ1) is 9.74. The fourth-order valence-electron chi connectivity index (χ4n) is 1.16. The van der Waals surface area contributed by atoms with Gasteiger partial charge in [-0.3, -0.25) is 4.79 Å². The monoisotopic (exact) mass is 180 g/mol. The van der Waals surface area contributed by atoms with E-state index in [1.165, 1.54) is 0 Å². The Labute approximate surface area is 76.6 Å². The zero-order chi connectivity index (χ0) is 9.84. The van der Waals surface area contributed by atoms with E-state index in [0.717, 1.165) is 5.56 Å². The number of carbonyl (C=O) groups is 1. The Bertz CT molecular complexity index is 307. The summed E-state index contributed by atoms with van der Waals surface area (Å²) in [6, 6.07) is 7.21. The molecule has 0 bridgehead atoms. The van der Waals surface area contributed by atoms with Crippen molar-refractivity contribution in [2.24, 2.45) is 0 Å². The van der Waals surface area contributed by atoms with Crippen LogP contribution in [0.5, 0.6) is 0 Å². The SMILES string of the molecule is Cc1cccc([C@H](O)CC(=O)O)c1. The van der Waals surface area contributed by atoms with Crippen molar-refractivity contribution < 1.29 is 15.0 Å². The number of hydrogen-bond donors (Lipinski definition) is 2. The van der Waals surface area contributed by atoms with Crippen LogP contribution in [0, 0.1) is 6.92 Å². The van der Waals surface area contributed by atoms with Gasteiger partial charge >= 0.3 is 5.97 Å². The second-order valence-corrected chi connectivity index (χ2v) is 3.03. The Morgan fingerprint density at radius 1 is 1.54 bits per heavy atom. The molecule has 1 aromatic carbocycles. The molecule has 0 aromatic heterocycles. The molecule has 0 aliphatic rings. The number of carboxylic acids is 1. The molecular formula is C10H12O3. The minimum absolute atomic E-state index is 0.247. The van der Waals surface area contributed by atoms with Gasteiger partial charge in [0.2, 0.25) is 0 Å². The first-order chi connectivity index (χ1) is 6.09. The zero-order valence-electron chi connectivity index (χ0n) is 7.40. The van der Waals surface area contributed by atoms with Gasteiger partial charge in [-0.1, -0.05) is 29.8 Å². The molecule has 1 rings (SSSR count). The van der Waals surface area contributed by atoms with Gasteiger partial charge in [-0.05, 0) is 12.5 Å². The van der Waals surface area contributed by atoms with E-state index in [-0.39, 0.29) is 6.42 Å². The van der Waals surface area contributed by atoms with E-state index in [2.05, 4.69) is 0 Å². The summed E-state index contributed by atoms with van der Waals surface area (Å²) in [4.78, 5) is 10.3. The average molecular weight is 180 g/mol. The standard InChI is InChI=1S/C10H12O3/c1-7-3-2-4-8(5-7)9(11)6-10(12)13/h2-5,9,11H,6H2,1H3,(H,12,13)/t9-/m1/s1. The lowest BCUT2D eigenvalue weighted by Crippen LogP contribution is -2.05. The molecule has 3 heteroatoms. The maximum absolute atomic E-state index is 10.3. The van der Waals surface area contributed by atoms with Crippen LogP contribution in [-0.2, 0) is 4.79 Å². The van der Waals surface area contributed by atoms with E-state index in [9.17, 15) is 9.90 Å². The highest BCUT2D eigenvalue weighted by Crippen LogP contribution is 2.17. The highest BCUT2D eigenvalue weighted by molar-refractivity contribution is 5.67. The van der Waals surface area contributed by atoms with Crippen LogP contribution >= 0.6 is 0 Å². The predicted octanol–water partition coefficient (Wildman–Crippen LogP) is 1.50. The highest BCUT2D eigenvalue weighted by atomic mass is 16.4. The number of rotatable bonds is 3. The third-order valence-electron chi connectivity index (χ3n) is 1.79. The second-order valence-electron chi connectivity index (χ2n) is 3.03. The van der Waals surface area contributed by atoms with Crippen LogP contribution in [0.1, 0.15) is 23.7 Å². The summed E-state index contributed by atoms with van der Waals surface area (Å²) in [5, 5.41) is 17.9. The van der Waals surface area contributed by atoms with Crippen LogP contribution in [0.25, 0.3) is 0 Å². The molecule has 13 heavy (non-hydrogen) atoms. The summed E-state index contributed by atoms with van der Waals surface area (Å²) in [6.45, 7) is 1.90. The highest BCUT2D eigenvalue weighted by Gasteiger charge is 2.11. The number of aliphatic carboxylic acids is 1. The van der Waals surface area contributed by atoms with Crippen LogP contribution in [-0.4, -0.2) is 16.2 Å². The summed E-state index contributed by atoms with van der Waals surface area (Å²) >= 11 is 0. The van der Waals surface area contributed by atoms with Gasteiger partial charge in [0.05, 0.1) is 12.5 Å². The summed E-state index contributed by atoms with van der Waals surface area (Å²) < 4.78 is 0. The van der Waals surface area contributed by atoms with Gasteiger partial charge in [0, 0.05) is 0 Å². The van der Waals surface area contributed by atoms with Crippen LogP contribution in [0.3, 0.4) is 0 Å². The van der Waals surface area contributed by atoms with Gasteiger partial charge in [-0.15, -0.1) is 0 Å². The van der Waals surface area contributed by atoms with Crippen molar-refractivity contribution in [3.8, 4) is 0 Å². The lowest BCUT2D eigenvalue weighted by atomic mass is 10.0. The molecule has 0 fully saturated rings. The van der Waals surface area contributed by atoms with E-state index in [1.54, 1.807) is 18.2 Å². The maximum atomic E-state index is 10.3. The van der Waals surface area contributed by atoms with E-state index < -0.39 is 12.1 Å². The summed E-state index contributed by atoms with van der Waals surface area (Å²) in [6.07, 6.45) is -1.15. The molecule has 1 atom stereocenters. The lowest BCUT2D eigenvalue weighted by molar-refractivity contribution is -0.139. The summed E-state index contributed by atoms with van der Waals surface area (Å²) in [7, 11) is 0. The molecule has 0 radical (unpaired) electrons. The van der Waals surface area contributed by atoms with Gasteiger partial charge in [-0.2, -0.15) is 0 Å². The number of benzene rings is 1. The Morgan fingerprint density at radius 2 is 2.23 bits per heavy atom. The predicted molar refractivity (Wildman–Crippen MR) is 48.4 cm³/mol. The van der Waals surface area contributed by atoms with Crippen molar-refractivity contribution in [1.29, 1.82) is 0 Å². The van der Waals surface area contributed by atoms with E-state index >= 15 is 0 Å². The lowest BCUT2D eigenvalue weighted by Gasteiger charge is -2.08. The quantitative estimate of drug-likeness (QED) is 0.741. The van der Waals surface area contributed by atoms with Crippen LogP contribution < -0.4 is 0 Å². The fourth-order valence-corrected chi connectivity index (χ4v) is 1.16. The number of carboxylic acid groups (broad SMARTS) is 1. The molecule has 0 saturated carbocycles. The normalized spacial score (nSPS) is 12.5. The number of aryl methyl sites for hydroxylation is 1. The molecule has 0 saturated heterocycles. The van der Waals surface area contributed by atoms with Crippen LogP contribution in [0.2, 0.25) is 0 Å². The summed E-state index contributed by atoms with van der Waals surface area (Å²) in [5.41, 5.74) is 1.67.